The monoisotopic (exact) mass is 310 g/mol. The second-order valence-corrected chi connectivity index (χ2v) is 7.40. The number of aliphatic hydroxyl groups is 1. The normalized spacial score (nSPS) is 19.9. The van der Waals surface area contributed by atoms with E-state index in [2.05, 4.69) is 37.1 Å². The van der Waals surface area contributed by atoms with Crippen molar-refractivity contribution < 1.29 is 5.11 Å². The third kappa shape index (κ3) is 4.60. The fraction of sp³-hybridized carbons (Fsp3) is 0.647. The lowest BCUT2D eigenvalue weighted by Gasteiger charge is -2.36. The van der Waals surface area contributed by atoms with Crippen LogP contribution in [0.1, 0.15) is 39.2 Å². The summed E-state index contributed by atoms with van der Waals surface area (Å²) in [7, 11) is 0. The predicted octanol–water partition coefficient (Wildman–Crippen LogP) is 3.44. The quantitative estimate of drug-likeness (QED) is 0.894. The highest BCUT2D eigenvalue weighted by Crippen LogP contribution is 2.33. The summed E-state index contributed by atoms with van der Waals surface area (Å²) in [5.41, 5.74) is 2.44. The van der Waals surface area contributed by atoms with Gasteiger partial charge in [0.1, 0.15) is 0 Å². The Labute approximate surface area is 133 Å². The number of aliphatic hydroxyl groups excluding tert-OH is 1. The summed E-state index contributed by atoms with van der Waals surface area (Å²) in [4.78, 5) is 2.34. The molecule has 0 aromatic heterocycles. The zero-order chi connectivity index (χ0) is 15.5. The lowest BCUT2D eigenvalue weighted by molar-refractivity contribution is 0.208. The minimum atomic E-state index is 0.0785. The van der Waals surface area contributed by atoms with E-state index in [1.165, 1.54) is 5.56 Å². The zero-order valence-corrected chi connectivity index (χ0v) is 14.1. The first-order chi connectivity index (χ1) is 9.90. The number of hydrogen-bond donors (Lipinski definition) is 2. The van der Waals surface area contributed by atoms with E-state index in [1.807, 2.05) is 12.1 Å². The molecule has 0 amide bonds. The highest BCUT2D eigenvalue weighted by atomic mass is 35.5. The van der Waals surface area contributed by atoms with Gasteiger partial charge >= 0.3 is 0 Å². The number of piperidine rings is 1. The third-order valence-corrected chi connectivity index (χ3v) is 4.28. The van der Waals surface area contributed by atoms with E-state index in [1.54, 1.807) is 0 Å². The van der Waals surface area contributed by atoms with Gasteiger partial charge in [0.15, 0.2) is 0 Å². The Morgan fingerprint density at radius 2 is 2.14 bits per heavy atom. The van der Waals surface area contributed by atoms with Crippen molar-refractivity contribution in [2.75, 3.05) is 24.6 Å². The first kappa shape index (κ1) is 16.6. The van der Waals surface area contributed by atoms with Crippen LogP contribution >= 0.6 is 11.6 Å². The third-order valence-electron chi connectivity index (χ3n) is 3.97. The van der Waals surface area contributed by atoms with Crippen LogP contribution in [-0.2, 0) is 6.54 Å². The topological polar surface area (TPSA) is 35.5 Å². The summed E-state index contributed by atoms with van der Waals surface area (Å²) < 4.78 is 0. The standard InChI is InChI=1S/C17H27ClN2O/c1-17(2,3)19-10-14-7-4-8-15(18)16(14)20-9-5-6-13(11-20)12-21/h4,7-8,13,19,21H,5-6,9-12H2,1-3H3. The molecule has 0 radical (unpaired) electrons. The van der Waals surface area contributed by atoms with Crippen molar-refractivity contribution in [3.05, 3.63) is 28.8 Å². The Balaban J connectivity index is 2.21. The molecule has 2 N–H and O–H groups in total. The van der Waals surface area contributed by atoms with Crippen molar-refractivity contribution in [1.82, 2.24) is 5.32 Å². The molecule has 21 heavy (non-hydrogen) atoms. The molecule has 3 nitrogen and oxygen atoms in total. The van der Waals surface area contributed by atoms with Crippen LogP contribution in [0.5, 0.6) is 0 Å². The van der Waals surface area contributed by atoms with Gasteiger partial charge in [0.25, 0.3) is 0 Å². The molecule has 1 aliphatic heterocycles. The molecule has 1 aromatic carbocycles. The molecule has 118 valence electrons. The van der Waals surface area contributed by atoms with Crippen molar-refractivity contribution in [1.29, 1.82) is 0 Å². The van der Waals surface area contributed by atoms with E-state index < -0.39 is 0 Å². The smallest absolute Gasteiger partial charge is 0.0642 e. The van der Waals surface area contributed by atoms with Crippen molar-refractivity contribution in [2.45, 2.75) is 45.7 Å². The average molecular weight is 311 g/mol. The molecule has 1 atom stereocenters. The van der Waals surface area contributed by atoms with E-state index in [0.717, 1.165) is 43.2 Å². The zero-order valence-electron chi connectivity index (χ0n) is 13.3. The maximum atomic E-state index is 9.43. The molecule has 1 aromatic rings. The summed E-state index contributed by atoms with van der Waals surface area (Å²) in [6.45, 7) is 9.47. The van der Waals surface area contributed by atoms with Gasteiger partial charge in [0.2, 0.25) is 0 Å². The Morgan fingerprint density at radius 1 is 1.38 bits per heavy atom. The average Bonchev–Trinajstić information content (AvgIpc) is 2.44. The molecular weight excluding hydrogens is 284 g/mol. The number of nitrogens with zero attached hydrogens (tertiary/aromatic N) is 1. The van der Waals surface area contributed by atoms with Crippen molar-refractivity contribution >= 4 is 17.3 Å². The number of benzene rings is 1. The van der Waals surface area contributed by atoms with Gasteiger partial charge in [-0.3, -0.25) is 0 Å². The first-order valence-corrected chi connectivity index (χ1v) is 8.17. The van der Waals surface area contributed by atoms with Crippen LogP contribution in [-0.4, -0.2) is 30.3 Å². The molecule has 2 rings (SSSR count). The molecule has 0 bridgehead atoms. The van der Waals surface area contributed by atoms with Crippen molar-refractivity contribution in [3.63, 3.8) is 0 Å². The molecule has 1 heterocycles. The number of para-hydroxylation sites is 1. The van der Waals surface area contributed by atoms with Gasteiger partial charge in [0.05, 0.1) is 10.7 Å². The highest BCUT2D eigenvalue weighted by molar-refractivity contribution is 6.33. The molecule has 1 unspecified atom stereocenters. The lowest BCUT2D eigenvalue weighted by Crippen LogP contribution is -2.39. The summed E-state index contributed by atoms with van der Waals surface area (Å²) in [5, 5.41) is 13.8. The van der Waals surface area contributed by atoms with E-state index in [9.17, 15) is 5.11 Å². The van der Waals surface area contributed by atoms with Crippen molar-refractivity contribution in [2.24, 2.45) is 5.92 Å². The molecule has 1 fully saturated rings. The maximum Gasteiger partial charge on any atom is 0.0642 e. The predicted molar refractivity (Wildman–Crippen MR) is 90.1 cm³/mol. The van der Waals surface area contributed by atoms with Crippen LogP contribution < -0.4 is 10.2 Å². The minimum absolute atomic E-state index is 0.0785. The fourth-order valence-electron chi connectivity index (χ4n) is 2.83. The number of rotatable bonds is 4. The van der Waals surface area contributed by atoms with Gasteiger partial charge in [-0.05, 0) is 51.2 Å². The van der Waals surface area contributed by atoms with Crippen LogP contribution in [0.4, 0.5) is 5.69 Å². The number of nitrogens with one attached hydrogen (secondary N) is 1. The Kier molecular flexibility index (Phi) is 5.53. The lowest BCUT2D eigenvalue weighted by atomic mass is 9.97. The number of halogens is 1. The minimum Gasteiger partial charge on any atom is -0.396 e. The molecule has 0 aliphatic carbocycles. The maximum absolute atomic E-state index is 9.43. The molecule has 0 spiro atoms. The largest absolute Gasteiger partial charge is 0.396 e. The Hall–Kier alpha value is -0.770. The van der Waals surface area contributed by atoms with Gasteiger partial charge in [-0.25, -0.2) is 0 Å². The van der Waals surface area contributed by atoms with Crippen molar-refractivity contribution in [3.8, 4) is 0 Å². The van der Waals surface area contributed by atoms with E-state index >= 15 is 0 Å². The Bertz CT molecular complexity index is 470. The van der Waals surface area contributed by atoms with Crippen LogP contribution in [0.25, 0.3) is 0 Å². The summed E-state index contributed by atoms with van der Waals surface area (Å²) in [5.74, 6) is 0.360. The van der Waals surface area contributed by atoms with Crippen LogP contribution in [0.15, 0.2) is 18.2 Å². The molecular formula is C17H27ClN2O. The fourth-order valence-corrected chi connectivity index (χ4v) is 3.15. The molecule has 0 saturated carbocycles. The van der Waals surface area contributed by atoms with Gasteiger partial charge in [0, 0.05) is 31.8 Å². The van der Waals surface area contributed by atoms with Gasteiger partial charge in [-0.2, -0.15) is 0 Å². The number of anilines is 1. The summed E-state index contributed by atoms with van der Waals surface area (Å²) >= 11 is 6.47. The molecule has 1 aliphatic rings. The second kappa shape index (κ2) is 6.99. The van der Waals surface area contributed by atoms with Gasteiger partial charge in [-0.15, -0.1) is 0 Å². The van der Waals surface area contributed by atoms with E-state index in [4.69, 9.17) is 11.6 Å². The van der Waals surface area contributed by atoms with Gasteiger partial charge < -0.3 is 15.3 Å². The summed E-state index contributed by atoms with van der Waals surface area (Å²) in [6, 6.07) is 6.11. The summed E-state index contributed by atoms with van der Waals surface area (Å²) in [6.07, 6.45) is 2.22. The van der Waals surface area contributed by atoms with Crippen LogP contribution in [0.2, 0.25) is 5.02 Å². The van der Waals surface area contributed by atoms with Crippen LogP contribution in [0.3, 0.4) is 0 Å². The first-order valence-electron chi connectivity index (χ1n) is 7.79. The highest BCUT2D eigenvalue weighted by Gasteiger charge is 2.23. The Morgan fingerprint density at radius 3 is 2.81 bits per heavy atom. The van der Waals surface area contributed by atoms with E-state index in [0.29, 0.717) is 5.92 Å². The number of hydrogen-bond acceptors (Lipinski definition) is 3. The second-order valence-electron chi connectivity index (χ2n) is 6.99. The van der Waals surface area contributed by atoms with Gasteiger partial charge in [-0.1, -0.05) is 23.7 Å². The molecule has 4 heteroatoms. The van der Waals surface area contributed by atoms with E-state index in [-0.39, 0.29) is 12.1 Å². The van der Waals surface area contributed by atoms with Crippen LogP contribution in [0, 0.1) is 5.92 Å². The SMILES string of the molecule is CC(C)(C)NCc1cccc(Cl)c1N1CCCC(CO)C1. The molecule has 1 saturated heterocycles.